The maximum absolute atomic E-state index is 5.32. The monoisotopic (exact) mass is 189 g/mol. The number of hydrogen-bond donors (Lipinski definition) is 1. The van der Waals surface area contributed by atoms with Crippen molar-refractivity contribution in [3.8, 4) is 0 Å². The molecule has 0 atom stereocenters. The first-order valence-corrected chi connectivity index (χ1v) is 4.37. The Balaban J connectivity index is 2.15. The van der Waals surface area contributed by atoms with Gasteiger partial charge in [0.15, 0.2) is 0 Å². The van der Waals surface area contributed by atoms with Crippen LogP contribution in [0.1, 0.15) is 17.0 Å². The van der Waals surface area contributed by atoms with Crippen LogP contribution in [0.2, 0.25) is 0 Å². The smallest absolute Gasteiger partial charge is 0.312 e. The second-order valence-corrected chi connectivity index (χ2v) is 3.20. The predicted molar refractivity (Wildman–Crippen MR) is 52.7 cm³/mol. The summed E-state index contributed by atoms with van der Waals surface area (Å²) in [6, 6.07) is 8.29. The number of rotatable bonds is 2. The Kier molecular flexibility index (Phi) is 2.18. The predicted octanol–water partition coefficient (Wildman–Crippen LogP) is 1.55. The SMILES string of the molecule is Cc1ccc(Cc2nnc(N)o2)cc1. The molecule has 4 nitrogen and oxygen atoms in total. The van der Waals surface area contributed by atoms with Gasteiger partial charge in [0.05, 0.1) is 6.42 Å². The van der Waals surface area contributed by atoms with Crippen LogP contribution in [0.15, 0.2) is 28.7 Å². The van der Waals surface area contributed by atoms with Crippen molar-refractivity contribution in [2.75, 3.05) is 5.73 Å². The Labute approximate surface area is 81.8 Å². The Bertz CT molecular complexity index is 419. The molecule has 1 aromatic heterocycles. The molecule has 0 bridgehead atoms. The van der Waals surface area contributed by atoms with Crippen molar-refractivity contribution in [3.63, 3.8) is 0 Å². The Morgan fingerprint density at radius 2 is 1.93 bits per heavy atom. The number of benzene rings is 1. The zero-order chi connectivity index (χ0) is 9.97. The summed E-state index contributed by atoms with van der Waals surface area (Å²) in [5.74, 6) is 0.548. The molecule has 2 N–H and O–H groups in total. The van der Waals surface area contributed by atoms with E-state index in [2.05, 4.69) is 29.3 Å². The van der Waals surface area contributed by atoms with Gasteiger partial charge in [0.2, 0.25) is 5.89 Å². The molecule has 4 heteroatoms. The highest BCUT2D eigenvalue weighted by Gasteiger charge is 2.03. The number of aryl methyl sites for hydroxylation is 1. The fourth-order valence-electron chi connectivity index (χ4n) is 1.22. The second kappa shape index (κ2) is 3.49. The van der Waals surface area contributed by atoms with Crippen LogP contribution in [-0.4, -0.2) is 10.2 Å². The van der Waals surface area contributed by atoms with Crippen LogP contribution in [0.3, 0.4) is 0 Å². The number of nitrogens with zero attached hydrogens (tertiary/aromatic N) is 2. The van der Waals surface area contributed by atoms with Crippen molar-refractivity contribution >= 4 is 6.01 Å². The highest BCUT2D eigenvalue weighted by atomic mass is 16.4. The van der Waals surface area contributed by atoms with Gasteiger partial charge in [-0.2, -0.15) is 0 Å². The standard InChI is InChI=1S/C10H11N3O/c1-7-2-4-8(5-3-7)6-9-12-13-10(11)14-9/h2-5H,6H2,1H3,(H2,11,13). The molecule has 0 saturated heterocycles. The highest BCUT2D eigenvalue weighted by Crippen LogP contribution is 2.10. The largest absolute Gasteiger partial charge is 0.408 e. The number of anilines is 1. The fraction of sp³-hybridized carbons (Fsp3) is 0.200. The first-order valence-electron chi connectivity index (χ1n) is 4.37. The van der Waals surface area contributed by atoms with Gasteiger partial charge in [-0.15, -0.1) is 5.10 Å². The summed E-state index contributed by atoms with van der Waals surface area (Å²) in [4.78, 5) is 0. The average molecular weight is 189 g/mol. The third kappa shape index (κ3) is 1.90. The molecule has 14 heavy (non-hydrogen) atoms. The number of nitrogen functional groups attached to an aromatic ring is 1. The zero-order valence-corrected chi connectivity index (χ0v) is 7.90. The van der Waals surface area contributed by atoms with Gasteiger partial charge < -0.3 is 10.2 Å². The van der Waals surface area contributed by atoms with E-state index in [9.17, 15) is 0 Å². The summed E-state index contributed by atoms with van der Waals surface area (Å²) in [5, 5.41) is 7.38. The lowest BCUT2D eigenvalue weighted by Gasteiger charge is -1.96. The van der Waals surface area contributed by atoms with Gasteiger partial charge in [0, 0.05) is 0 Å². The second-order valence-electron chi connectivity index (χ2n) is 3.20. The topological polar surface area (TPSA) is 64.9 Å². The Hall–Kier alpha value is -1.84. The van der Waals surface area contributed by atoms with E-state index in [1.54, 1.807) is 0 Å². The molecular formula is C10H11N3O. The van der Waals surface area contributed by atoms with Crippen molar-refractivity contribution < 1.29 is 4.42 Å². The summed E-state index contributed by atoms with van der Waals surface area (Å²) >= 11 is 0. The van der Waals surface area contributed by atoms with Crippen molar-refractivity contribution in [1.82, 2.24) is 10.2 Å². The number of hydrogen-bond acceptors (Lipinski definition) is 4. The van der Waals surface area contributed by atoms with Gasteiger partial charge in [-0.25, -0.2) is 0 Å². The van der Waals surface area contributed by atoms with Crippen LogP contribution in [0.25, 0.3) is 0 Å². The van der Waals surface area contributed by atoms with Gasteiger partial charge in [-0.3, -0.25) is 0 Å². The lowest BCUT2D eigenvalue weighted by atomic mass is 10.1. The molecule has 0 amide bonds. The molecule has 0 saturated carbocycles. The molecule has 0 spiro atoms. The van der Waals surface area contributed by atoms with E-state index in [1.165, 1.54) is 5.56 Å². The Morgan fingerprint density at radius 3 is 2.50 bits per heavy atom. The van der Waals surface area contributed by atoms with Crippen molar-refractivity contribution in [2.24, 2.45) is 0 Å². The molecule has 0 unspecified atom stereocenters. The summed E-state index contributed by atoms with van der Waals surface area (Å²) in [5.41, 5.74) is 7.69. The molecule has 2 rings (SSSR count). The van der Waals surface area contributed by atoms with E-state index >= 15 is 0 Å². The molecule has 0 aliphatic rings. The summed E-state index contributed by atoms with van der Waals surface area (Å²) < 4.78 is 5.07. The van der Waals surface area contributed by atoms with Gasteiger partial charge in [-0.05, 0) is 12.5 Å². The van der Waals surface area contributed by atoms with E-state index in [-0.39, 0.29) is 6.01 Å². The molecular weight excluding hydrogens is 178 g/mol. The van der Waals surface area contributed by atoms with Crippen LogP contribution in [0, 0.1) is 6.92 Å². The maximum atomic E-state index is 5.32. The minimum atomic E-state index is 0.118. The van der Waals surface area contributed by atoms with E-state index in [0.717, 1.165) is 5.56 Å². The maximum Gasteiger partial charge on any atom is 0.312 e. The molecule has 0 aliphatic heterocycles. The van der Waals surface area contributed by atoms with Crippen LogP contribution < -0.4 is 5.73 Å². The van der Waals surface area contributed by atoms with Crippen LogP contribution in [-0.2, 0) is 6.42 Å². The molecule has 0 fully saturated rings. The van der Waals surface area contributed by atoms with Crippen molar-refractivity contribution in [1.29, 1.82) is 0 Å². The van der Waals surface area contributed by atoms with Gasteiger partial charge in [0.25, 0.3) is 0 Å². The third-order valence-electron chi connectivity index (χ3n) is 1.96. The molecule has 2 aromatic rings. The summed E-state index contributed by atoms with van der Waals surface area (Å²) in [6.45, 7) is 2.05. The van der Waals surface area contributed by atoms with E-state index in [0.29, 0.717) is 12.3 Å². The fourth-order valence-corrected chi connectivity index (χ4v) is 1.22. The normalized spacial score (nSPS) is 10.4. The van der Waals surface area contributed by atoms with E-state index in [4.69, 9.17) is 10.2 Å². The van der Waals surface area contributed by atoms with Gasteiger partial charge >= 0.3 is 6.01 Å². The van der Waals surface area contributed by atoms with Gasteiger partial charge in [0.1, 0.15) is 0 Å². The lowest BCUT2D eigenvalue weighted by molar-refractivity contribution is 0.522. The molecule has 0 radical (unpaired) electrons. The van der Waals surface area contributed by atoms with Crippen molar-refractivity contribution in [2.45, 2.75) is 13.3 Å². The van der Waals surface area contributed by atoms with Gasteiger partial charge in [-0.1, -0.05) is 34.9 Å². The van der Waals surface area contributed by atoms with E-state index < -0.39 is 0 Å². The van der Waals surface area contributed by atoms with Crippen LogP contribution >= 0.6 is 0 Å². The molecule has 72 valence electrons. The minimum Gasteiger partial charge on any atom is -0.408 e. The zero-order valence-electron chi connectivity index (χ0n) is 7.90. The number of aromatic nitrogens is 2. The first kappa shape index (κ1) is 8.74. The Morgan fingerprint density at radius 1 is 1.21 bits per heavy atom. The molecule has 1 heterocycles. The van der Waals surface area contributed by atoms with Crippen molar-refractivity contribution in [3.05, 3.63) is 41.3 Å². The third-order valence-corrected chi connectivity index (χ3v) is 1.96. The number of nitrogens with two attached hydrogens (primary N) is 1. The van der Waals surface area contributed by atoms with E-state index in [1.807, 2.05) is 12.1 Å². The summed E-state index contributed by atoms with van der Waals surface area (Å²) in [6.07, 6.45) is 0.629. The highest BCUT2D eigenvalue weighted by molar-refractivity contribution is 5.23. The first-order chi connectivity index (χ1) is 6.74. The molecule has 1 aromatic carbocycles. The minimum absolute atomic E-state index is 0.118. The summed E-state index contributed by atoms with van der Waals surface area (Å²) in [7, 11) is 0. The van der Waals surface area contributed by atoms with Crippen LogP contribution in [0.5, 0.6) is 0 Å². The van der Waals surface area contributed by atoms with Crippen LogP contribution in [0.4, 0.5) is 6.01 Å². The average Bonchev–Trinajstić information content (AvgIpc) is 2.56. The molecule has 0 aliphatic carbocycles. The lowest BCUT2D eigenvalue weighted by Crippen LogP contribution is -1.88. The quantitative estimate of drug-likeness (QED) is 0.778.